The molecule has 0 fully saturated rings. The van der Waals surface area contributed by atoms with E-state index in [1.54, 1.807) is 0 Å². The normalized spacial score (nSPS) is 10.5. The number of urea groups is 1. The average molecular weight is 218 g/mol. The van der Waals surface area contributed by atoms with Gasteiger partial charge in [-0.2, -0.15) is 0 Å². The molecule has 5 nitrogen and oxygen atoms in total. The molecule has 0 aromatic rings. The maximum Gasteiger partial charge on any atom is 0.317 e. The number of hydrogen-bond acceptors (Lipinski definition) is 3. The largest absolute Gasteiger partial charge is 0.395 e. The van der Waals surface area contributed by atoms with E-state index in [1.165, 1.54) is 4.90 Å². The molecule has 0 bridgehead atoms. The molecule has 0 aliphatic heterocycles. The molecule has 5 heteroatoms. The van der Waals surface area contributed by atoms with Crippen LogP contribution in [0.15, 0.2) is 0 Å². The van der Waals surface area contributed by atoms with Crippen molar-refractivity contribution in [2.75, 3.05) is 26.3 Å². The predicted octanol–water partition coefficient (Wildman–Crippen LogP) is 0.171. The van der Waals surface area contributed by atoms with Crippen LogP contribution >= 0.6 is 0 Å². The summed E-state index contributed by atoms with van der Waals surface area (Å²) in [6.07, 6.45) is 1.77. The first-order valence-electron chi connectivity index (χ1n) is 5.46. The van der Waals surface area contributed by atoms with Crippen LogP contribution < -0.4 is 5.32 Å². The molecule has 0 saturated carbocycles. The smallest absolute Gasteiger partial charge is 0.317 e. The molecule has 0 radical (unpaired) electrons. The lowest BCUT2D eigenvalue weighted by molar-refractivity contribution is 0.155. The Labute approximate surface area is 91.1 Å². The molecular formula is C10H22N2O3. The fraction of sp³-hybridized carbons (Fsp3) is 0.900. The van der Waals surface area contributed by atoms with E-state index in [4.69, 9.17) is 10.2 Å². The van der Waals surface area contributed by atoms with Gasteiger partial charge in [0.15, 0.2) is 0 Å². The standard InChI is InChI=1S/C10H22N2O3/c1-3-9(4-2)11-10(15)12(5-7-13)6-8-14/h9,13-14H,3-8H2,1-2H3,(H,11,15). The maximum absolute atomic E-state index is 11.6. The SMILES string of the molecule is CCC(CC)NC(=O)N(CCO)CCO. The summed E-state index contributed by atoms with van der Waals surface area (Å²) < 4.78 is 0. The number of carbonyl (C=O) groups excluding carboxylic acids is 1. The minimum absolute atomic E-state index is 0.0870. The van der Waals surface area contributed by atoms with E-state index in [0.717, 1.165) is 12.8 Å². The molecule has 15 heavy (non-hydrogen) atoms. The van der Waals surface area contributed by atoms with Gasteiger partial charge in [-0.25, -0.2) is 4.79 Å². The fourth-order valence-electron chi connectivity index (χ4n) is 1.32. The topological polar surface area (TPSA) is 72.8 Å². The van der Waals surface area contributed by atoms with Crippen LogP contribution in [0.4, 0.5) is 4.79 Å². The number of rotatable bonds is 7. The Morgan fingerprint density at radius 2 is 1.67 bits per heavy atom. The van der Waals surface area contributed by atoms with Gasteiger partial charge in [-0.1, -0.05) is 13.8 Å². The molecule has 0 aliphatic rings. The van der Waals surface area contributed by atoms with Gasteiger partial charge in [0.05, 0.1) is 13.2 Å². The maximum atomic E-state index is 11.6. The molecule has 0 unspecified atom stereocenters. The summed E-state index contributed by atoms with van der Waals surface area (Å²) in [7, 11) is 0. The number of carbonyl (C=O) groups is 1. The summed E-state index contributed by atoms with van der Waals surface area (Å²) in [6, 6.07) is -0.0517. The number of aliphatic hydroxyl groups excluding tert-OH is 2. The zero-order valence-electron chi connectivity index (χ0n) is 9.57. The summed E-state index contributed by atoms with van der Waals surface area (Å²) >= 11 is 0. The lowest BCUT2D eigenvalue weighted by Gasteiger charge is -2.24. The predicted molar refractivity (Wildman–Crippen MR) is 58.6 cm³/mol. The number of nitrogens with one attached hydrogen (secondary N) is 1. The zero-order chi connectivity index (χ0) is 11.7. The second-order valence-electron chi connectivity index (χ2n) is 3.40. The Kier molecular flexibility index (Phi) is 8.04. The van der Waals surface area contributed by atoms with Crippen LogP contribution in [-0.4, -0.2) is 53.5 Å². The minimum atomic E-state index is -0.216. The molecule has 0 aromatic heterocycles. The van der Waals surface area contributed by atoms with Crippen molar-refractivity contribution >= 4 is 6.03 Å². The highest BCUT2D eigenvalue weighted by atomic mass is 16.3. The molecule has 0 aliphatic carbocycles. The number of amides is 2. The van der Waals surface area contributed by atoms with Crippen LogP contribution in [0.2, 0.25) is 0 Å². The quantitative estimate of drug-likeness (QED) is 0.570. The first-order valence-corrected chi connectivity index (χ1v) is 5.46. The van der Waals surface area contributed by atoms with E-state index in [0.29, 0.717) is 0 Å². The first kappa shape index (κ1) is 14.2. The highest BCUT2D eigenvalue weighted by Gasteiger charge is 2.14. The van der Waals surface area contributed by atoms with Crippen LogP contribution in [0.25, 0.3) is 0 Å². The molecule has 0 rings (SSSR count). The highest BCUT2D eigenvalue weighted by Crippen LogP contribution is 1.98. The second kappa shape index (κ2) is 8.49. The van der Waals surface area contributed by atoms with E-state index in [1.807, 2.05) is 13.8 Å². The van der Waals surface area contributed by atoms with Crippen molar-refractivity contribution in [3.63, 3.8) is 0 Å². The van der Waals surface area contributed by atoms with Gasteiger partial charge >= 0.3 is 6.03 Å². The van der Waals surface area contributed by atoms with E-state index >= 15 is 0 Å². The van der Waals surface area contributed by atoms with Gasteiger partial charge in [0, 0.05) is 19.1 Å². The number of nitrogens with zero attached hydrogens (tertiary/aromatic N) is 1. The highest BCUT2D eigenvalue weighted by molar-refractivity contribution is 5.74. The van der Waals surface area contributed by atoms with E-state index in [2.05, 4.69) is 5.32 Å². The molecule has 2 amide bonds. The van der Waals surface area contributed by atoms with Gasteiger partial charge in [-0.05, 0) is 12.8 Å². The van der Waals surface area contributed by atoms with Crippen LogP contribution in [0.1, 0.15) is 26.7 Å². The van der Waals surface area contributed by atoms with E-state index < -0.39 is 0 Å². The van der Waals surface area contributed by atoms with Crippen molar-refractivity contribution in [3.05, 3.63) is 0 Å². The van der Waals surface area contributed by atoms with Gasteiger partial charge < -0.3 is 20.4 Å². The van der Waals surface area contributed by atoms with Gasteiger partial charge in [-0.15, -0.1) is 0 Å². The Morgan fingerprint density at radius 3 is 2.00 bits per heavy atom. The summed E-state index contributed by atoms with van der Waals surface area (Å²) in [5.41, 5.74) is 0. The van der Waals surface area contributed by atoms with Crippen LogP contribution in [0, 0.1) is 0 Å². The third-order valence-corrected chi connectivity index (χ3v) is 2.34. The van der Waals surface area contributed by atoms with Crippen LogP contribution in [0.3, 0.4) is 0 Å². The Bertz CT molecular complexity index is 166. The number of aliphatic hydroxyl groups is 2. The molecule has 0 spiro atoms. The second-order valence-corrected chi connectivity index (χ2v) is 3.40. The Hall–Kier alpha value is -0.810. The minimum Gasteiger partial charge on any atom is -0.395 e. The molecule has 0 saturated heterocycles. The lowest BCUT2D eigenvalue weighted by atomic mass is 10.2. The molecule has 90 valence electrons. The van der Waals surface area contributed by atoms with Crippen molar-refractivity contribution in [2.45, 2.75) is 32.7 Å². The van der Waals surface area contributed by atoms with E-state index in [-0.39, 0.29) is 38.4 Å². The van der Waals surface area contributed by atoms with Crippen molar-refractivity contribution in [3.8, 4) is 0 Å². The number of hydrogen-bond donors (Lipinski definition) is 3. The van der Waals surface area contributed by atoms with E-state index in [9.17, 15) is 4.79 Å². The third-order valence-electron chi connectivity index (χ3n) is 2.34. The van der Waals surface area contributed by atoms with Gasteiger partial charge in [0.2, 0.25) is 0 Å². The average Bonchev–Trinajstić information content (AvgIpc) is 2.25. The van der Waals surface area contributed by atoms with Gasteiger partial charge in [0.25, 0.3) is 0 Å². The van der Waals surface area contributed by atoms with Crippen LogP contribution in [0.5, 0.6) is 0 Å². The molecular weight excluding hydrogens is 196 g/mol. The van der Waals surface area contributed by atoms with Crippen molar-refractivity contribution < 1.29 is 15.0 Å². The Morgan fingerprint density at radius 1 is 1.20 bits per heavy atom. The molecule has 0 atom stereocenters. The summed E-state index contributed by atoms with van der Waals surface area (Å²) in [6.45, 7) is 4.36. The van der Waals surface area contributed by atoms with Gasteiger partial charge in [0.1, 0.15) is 0 Å². The lowest BCUT2D eigenvalue weighted by Crippen LogP contribution is -2.46. The fourth-order valence-corrected chi connectivity index (χ4v) is 1.32. The van der Waals surface area contributed by atoms with Gasteiger partial charge in [-0.3, -0.25) is 0 Å². The molecule has 0 heterocycles. The first-order chi connectivity index (χ1) is 7.19. The molecule has 3 N–H and O–H groups in total. The summed E-state index contributed by atoms with van der Waals surface area (Å²) in [4.78, 5) is 13.1. The summed E-state index contributed by atoms with van der Waals surface area (Å²) in [5.74, 6) is 0. The van der Waals surface area contributed by atoms with Crippen molar-refractivity contribution in [1.82, 2.24) is 10.2 Å². The van der Waals surface area contributed by atoms with Crippen molar-refractivity contribution in [1.29, 1.82) is 0 Å². The van der Waals surface area contributed by atoms with Crippen LogP contribution in [-0.2, 0) is 0 Å². The summed E-state index contributed by atoms with van der Waals surface area (Å²) in [5, 5.41) is 20.4. The third kappa shape index (κ3) is 5.59. The monoisotopic (exact) mass is 218 g/mol. The Balaban J connectivity index is 4.10. The molecule has 0 aromatic carbocycles. The van der Waals surface area contributed by atoms with Crippen molar-refractivity contribution in [2.24, 2.45) is 0 Å². The zero-order valence-corrected chi connectivity index (χ0v) is 9.57.